The van der Waals surface area contributed by atoms with E-state index in [1.165, 1.54) is 68.5 Å². The maximum atomic E-state index is 2.34. The Morgan fingerprint density at radius 2 is 0.839 bits per heavy atom. The topological polar surface area (TPSA) is 0 Å². The fraction of sp³-hybridized carbons (Fsp3) is 0.194. The fourth-order valence-corrected chi connectivity index (χ4v) is 4.69. The van der Waals surface area contributed by atoms with E-state index in [0.717, 1.165) is 12.8 Å². The van der Waals surface area contributed by atoms with Crippen LogP contribution in [0.15, 0.2) is 84.9 Å². The van der Waals surface area contributed by atoms with Crippen molar-refractivity contribution in [2.45, 2.75) is 39.5 Å². The molecule has 0 unspecified atom stereocenters. The van der Waals surface area contributed by atoms with E-state index in [1.54, 1.807) is 0 Å². The highest BCUT2D eigenvalue weighted by atomic mass is 14.2. The van der Waals surface area contributed by atoms with E-state index in [0.29, 0.717) is 0 Å². The van der Waals surface area contributed by atoms with Gasteiger partial charge in [0.05, 0.1) is 0 Å². The van der Waals surface area contributed by atoms with E-state index in [-0.39, 0.29) is 0 Å². The average Bonchev–Trinajstić information content (AvgIpc) is 3.17. The highest BCUT2D eigenvalue weighted by Gasteiger charge is 2.20. The predicted molar refractivity (Wildman–Crippen MR) is 133 cm³/mol. The highest BCUT2D eigenvalue weighted by molar-refractivity contribution is 5.86. The molecule has 0 N–H and O–H groups in total. The average molecular weight is 402 g/mol. The molecule has 1 aliphatic rings. The SMILES string of the molecule is CCCc1ccc(-c2ccc3c(c2)[CH]c2cc(-c4ccc(CCC)cc4)ccc2-3)cc1. The van der Waals surface area contributed by atoms with Crippen LogP contribution >= 0.6 is 0 Å². The van der Waals surface area contributed by atoms with Crippen LogP contribution in [0.2, 0.25) is 0 Å². The van der Waals surface area contributed by atoms with E-state index in [1.807, 2.05) is 0 Å². The zero-order chi connectivity index (χ0) is 21.2. The molecule has 0 saturated heterocycles. The Hall–Kier alpha value is -3.12. The van der Waals surface area contributed by atoms with Crippen LogP contribution in [0, 0.1) is 6.42 Å². The van der Waals surface area contributed by atoms with E-state index < -0.39 is 0 Å². The van der Waals surface area contributed by atoms with Gasteiger partial charge in [0.15, 0.2) is 0 Å². The van der Waals surface area contributed by atoms with Crippen molar-refractivity contribution in [3.8, 4) is 33.4 Å². The summed E-state index contributed by atoms with van der Waals surface area (Å²) in [7, 11) is 0. The van der Waals surface area contributed by atoms with Crippen molar-refractivity contribution in [2.24, 2.45) is 0 Å². The van der Waals surface area contributed by atoms with Crippen LogP contribution in [-0.2, 0) is 12.8 Å². The second-order valence-corrected chi connectivity index (χ2v) is 8.64. The lowest BCUT2D eigenvalue weighted by molar-refractivity contribution is 0.922. The van der Waals surface area contributed by atoms with Gasteiger partial charge in [0.25, 0.3) is 0 Å². The van der Waals surface area contributed by atoms with Crippen molar-refractivity contribution < 1.29 is 0 Å². The normalized spacial score (nSPS) is 11.9. The molecule has 0 saturated carbocycles. The second-order valence-electron chi connectivity index (χ2n) is 8.64. The van der Waals surface area contributed by atoms with E-state index in [4.69, 9.17) is 0 Å². The van der Waals surface area contributed by atoms with Gasteiger partial charge in [-0.05, 0) is 80.6 Å². The summed E-state index contributed by atoms with van der Waals surface area (Å²) in [4.78, 5) is 0. The summed E-state index contributed by atoms with van der Waals surface area (Å²) < 4.78 is 0. The molecule has 0 fully saturated rings. The smallest absolute Gasteiger partial charge is 0.0212 e. The van der Waals surface area contributed by atoms with Gasteiger partial charge in [0, 0.05) is 6.42 Å². The lowest BCUT2D eigenvalue weighted by Crippen LogP contribution is -1.85. The molecule has 31 heavy (non-hydrogen) atoms. The molecule has 0 nitrogen and oxygen atoms in total. The Morgan fingerprint density at radius 3 is 1.23 bits per heavy atom. The first-order valence-corrected chi connectivity index (χ1v) is 11.6. The van der Waals surface area contributed by atoms with Crippen molar-refractivity contribution in [3.63, 3.8) is 0 Å². The summed E-state index contributed by atoms with van der Waals surface area (Å²) in [5.41, 5.74) is 13.3. The minimum absolute atomic E-state index is 1.15. The molecule has 0 atom stereocenters. The van der Waals surface area contributed by atoms with Gasteiger partial charge in [-0.15, -0.1) is 0 Å². The van der Waals surface area contributed by atoms with Crippen LogP contribution in [0.1, 0.15) is 48.9 Å². The van der Waals surface area contributed by atoms with Crippen molar-refractivity contribution in [1.29, 1.82) is 0 Å². The lowest BCUT2D eigenvalue weighted by atomic mass is 9.97. The van der Waals surface area contributed by atoms with Gasteiger partial charge in [0.2, 0.25) is 0 Å². The summed E-state index contributed by atoms with van der Waals surface area (Å²) in [6.45, 7) is 4.46. The van der Waals surface area contributed by atoms with E-state index >= 15 is 0 Å². The molecule has 5 rings (SSSR count). The van der Waals surface area contributed by atoms with Crippen molar-refractivity contribution in [1.82, 2.24) is 0 Å². The Morgan fingerprint density at radius 1 is 0.452 bits per heavy atom. The number of hydrogen-bond acceptors (Lipinski definition) is 0. The third-order valence-electron chi connectivity index (χ3n) is 6.36. The van der Waals surface area contributed by atoms with Crippen LogP contribution in [0.4, 0.5) is 0 Å². The van der Waals surface area contributed by atoms with Crippen LogP contribution in [-0.4, -0.2) is 0 Å². The molecule has 1 aliphatic carbocycles. The minimum Gasteiger partial charge on any atom is -0.0651 e. The van der Waals surface area contributed by atoms with Gasteiger partial charge in [-0.1, -0.05) is 99.5 Å². The Labute approximate surface area is 186 Å². The number of benzene rings is 4. The molecule has 0 aromatic heterocycles. The number of aryl methyl sites for hydroxylation is 2. The molecule has 0 heterocycles. The van der Waals surface area contributed by atoms with E-state index in [2.05, 4.69) is 105 Å². The van der Waals surface area contributed by atoms with Gasteiger partial charge in [-0.2, -0.15) is 0 Å². The zero-order valence-electron chi connectivity index (χ0n) is 18.5. The third-order valence-corrected chi connectivity index (χ3v) is 6.36. The maximum Gasteiger partial charge on any atom is 0.0212 e. The minimum atomic E-state index is 1.15. The number of rotatable bonds is 6. The Kier molecular flexibility index (Phi) is 5.47. The molecule has 4 aromatic rings. The molecule has 0 aliphatic heterocycles. The fourth-order valence-electron chi connectivity index (χ4n) is 4.69. The number of fused-ring (bicyclic) bond motifs is 3. The van der Waals surface area contributed by atoms with Gasteiger partial charge in [-0.3, -0.25) is 0 Å². The van der Waals surface area contributed by atoms with E-state index in [9.17, 15) is 0 Å². The first kappa shape index (κ1) is 19.8. The third kappa shape index (κ3) is 3.95. The number of hydrogen-bond donors (Lipinski definition) is 0. The van der Waals surface area contributed by atoms with Gasteiger partial charge in [-0.25, -0.2) is 0 Å². The molecule has 153 valence electrons. The first-order valence-electron chi connectivity index (χ1n) is 11.6. The summed E-state index contributed by atoms with van der Waals surface area (Å²) in [6, 6.07) is 31.9. The monoisotopic (exact) mass is 401 g/mol. The molecule has 0 amide bonds. The molecule has 0 spiro atoms. The van der Waals surface area contributed by atoms with Crippen molar-refractivity contribution in [3.05, 3.63) is 114 Å². The summed E-state index contributed by atoms with van der Waals surface area (Å²) in [6.07, 6.45) is 7.02. The first-order chi connectivity index (χ1) is 15.2. The Balaban J connectivity index is 1.41. The van der Waals surface area contributed by atoms with Crippen LogP contribution < -0.4 is 0 Å². The summed E-state index contributed by atoms with van der Waals surface area (Å²) >= 11 is 0. The van der Waals surface area contributed by atoms with Gasteiger partial charge < -0.3 is 0 Å². The van der Waals surface area contributed by atoms with Gasteiger partial charge in [0.1, 0.15) is 0 Å². The molecule has 1 radical (unpaired) electrons. The molecular formula is C31H29. The van der Waals surface area contributed by atoms with Crippen LogP contribution in [0.25, 0.3) is 33.4 Å². The van der Waals surface area contributed by atoms with Gasteiger partial charge >= 0.3 is 0 Å². The van der Waals surface area contributed by atoms with Crippen molar-refractivity contribution >= 4 is 0 Å². The second kappa shape index (κ2) is 8.55. The summed E-state index contributed by atoms with van der Waals surface area (Å²) in [5.74, 6) is 0. The summed E-state index contributed by atoms with van der Waals surface area (Å²) in [5, 5.41) is 0. The standard InChI is InChI=1S/C31H29/c1-3-5-22-7-11-24(12-8-22)26-15-17-30-28(19-26)21-29-20-27(16-18-31(29)30)25-13-9-23(6-4-2)10-14-25/h7-21H,3-6H2,1-2H3. The quantitative estimate of drug-likeness (QED) is 0.267. The largest absolute Gasteiger partial charge is 0.0651 e. The predicted octanol–water partition coefficient (Wildman–Crippen LogP) is 8.51. The molecular weight excluding hydrogens is 372 g/mol. The molecule has 0 bridgehead atoms. The van der Waals surface area contributed by atoms with Crippen LogP contribution in [0.5, 0.6) is 0 Å². The molecule has 4 aromatic carbocycles. The van der Waals surface area contributed by atoms with Crippen LogP contribution in [0.3, 0.4) is 0 Å². The molecule has 0 heteroatoms. The van der Waals surface area contributed by atoms with Crippen molar-refractivity contribution in [2.75, 3.05) is 0 Å². The Bertz CT molecular complexity index is 1100. The zero-order valence-corrected chi connectivity index (χ0v) is 18.5. The maximum absolute atomic E-state index is 2.34. The lowest BCUT2D eigenvalue weighted by Gasteiger charge is -2.08. The highest BCUT2D eigenvalue weighted by Crippen LogP contribution is 2.41.